The molecule has 1 saturated carbocycles. The number of hydrogen-bond acceptors (Lipinski definition) is 2. The number of anilines is 1. The average Bonchev–Trinajstić information content (AvgIpc) is 2.74. The van der Waals surface area contributed by atoms with Crippen molar-refractivity contribution in [2.24, 2.45) is 0 Å². The summed E-state index contributed by atoms with van der Waals surface area (Å²) in [5.41, 5.74) is 1.04. The minimum absolute atomic E-state index is 0.214. The lowest BCUT2D eigenvalue weighted by Gasteiger charge is -2.34. The third-order valence-electron chi connectivity index (χ3n) is 5.33. The zero-order valence-corrected chi connectivity index (χ0v) is 16.3. The summed E-state index contributed by atoms with van der Waals surface area (Å²) < 4.78 is 0. The molecule has 138 valence electrons. The molecule has 0 radical (unpaired) electrons. The molecule has 3 heteroatoms. The molecular formula is C24H25NOS. The second kappa shape index (κ2) is 8.62. The van der Waals surface area contributed by atoms with Gasteiger partial charge in [0.25, 0.3) is 0 Å². The van der Waals surface area contributed by atoms with Crippen LogP contribution in [0.15, 0.2) is 77.7 Å². The number of para-hydroxylation sites is 1. The van der Waals surface area contributed by atoms with E-state index in [1.165, 1.54) is 30.0 Å². The fourth-order valence-corrected chi connectivity index (χ4v) is 4.76. The molecule has 0 N–H and O–H groups in total. The number of benzene rings is 3. The zero-order chi connectivity index (χ0) is 18.5. The van der Waals surface area contributed by atoms with Crippen LogP contribution in [0.2, 0.25) is 0 Å². The van der Waals surface area contributed by atoms with Crippen LogP contribution in [0.25, 0.3) is 10.8 Å². The van der Waals surface area contributed by atoms with E-state index in [1.54, 1.807) is 11.8 Å². The normalized spacial score (nSPS) is 15.0. The number of amides is 1. The van der Waals surface area contributed by atoms with E-state index in [0.717, 1.165) is 23.4 Å². The fourth-order valence-electron chi connectivity index (χ4n) is 3.96. The smallest absolute Gasteiger partial charge is 0.237 e. The lowest BCUT2D eigenvalue weighted by atomic mass is 9.93. The Morgan fingerprint density at radius 3 is 2.33 bits per heavy atom. The number of thioether (sulfide) groups is 1. The molecule has 0 heterocycles. The summed E-state index contributed by atoms with van der Waals surface area (Å²) >= 11 is 1.64. The van der Waals surface area contributed by atoms with Gasteiger partial charge in [-0.2, -0.15) is 0 Å². The maximum atomic E-state index is 13.2. The SMILES string of the molecule is O=C(CSc1ccc2ccccc2c1)N(c1ccccc1)C1CCCCC1. The van der Waals surface area contributed by atoms with Crippen LogP contribution in [0, 0.1) is 0 Å². The minimum atomic E-state index is 0.214. The van der Waals surface area contributed by atoms with Crippen LogP contribution in [0.3, 0.4) is 0 Å². The Morgan fingerprint density at radius 2 is 1.56 bits per heavy atom. The Hall–Kier alpha value is -2.26. The number of nitrogens with zero attached hydrogens (tertiary/aromatic N) is 1. The van der Waals surface area contributed by atoms with Gasteiger partial charge in [-0.15, -0.1) is 11.8 Å². The lowest BCUT2D eigenvalue weighted by molar-refractivity contribution is -0.116. The average molecular weight is 376 g/mol. The predicted octanol–water partition coefficient (Wildman–Crippen LogP) is 6.30. The van der Waals surface area contributed by atoms with Gasteiger partial charge in [0.1, 0.15) is 0 Å². The first-order valence-electron chi connectivity index (χ1n) is 9.80. The Kier molecular flexibility index (Phi) is 5.78. The monoisotopic (exact) mass is 375 g/mol. The van der Waals surface area contributed by atoms with Gasteiger partial charge < -0.3 is 4.90 Å². The lowest BCUT2D eigenvalue weighted by Crippen LogP contribution is -2.42. The van der Waals surface area contributed by atoms with Crippen molar-refractivity contribution in [1.82, 2.24) is 0 Å². The van der Waals surface area contributed by atoms with E-state index in [0.29, 0.717) is 11.8 Å². The molecule has 0 saturated heterocycles. The van der Waals surface area contributed by atoms with Crippen LogP contribution in [0.1, 0.15) is 32.1 Å². The largest absolute Gasteiger partial charge is 0.309 e. The van der Waals surface area contributed by atoms with Crippen molar-refractivity contribution in [1.29, 1.82) is 0 Å². The van der Waals surface area contributed by atoms with Crippen molar-refractivity contribution in [2.75, 3.05) is 10.7 Å². The van der Waals surface area contributed by atoms with Crippen LogP contribution in [-0.2, 0) is 4.79 Å². The number of carbonyl (C=O) groups excluding carboxylic acids is 1. The van der Waals surface area contributed by atoms with Crippen LogP contribution in [-0.4, -0.2) is 17.7 Å². The highest BCUT2D eigenvalue weighted by atomic mass is 32.2. The van der Waals surface area contributed by atoms with E-state index in [4.69, 9.17) is 0 Å². The van der Waals surface area contributed by atoms with Crippen LogP contribution >= 0.6 is 11.8 Å². The molecule has 0 bridgehead atoms. The zero-order valence-electron chi connectivity index (χ0n) is 15.5. The van der Waals surface area contributed by atoms with Gasteiger partial charge in [-0.1, -0.05) is 67.8 Å². The van der Waals surface area contributed by atoms with E-state index in [2.05, 4.69) is 59.5 Å². The van der Waals surface area contributed by atoms with E-state index in [9.17, 15) is 4.79 Å². The van der Waals surface area contributed by atoms with Gasteiger partial charge in [0.05, 0.1) is 5.75 Å². The van der Waals surface area contributed by atoms with E-state index >= 15 is 0 Å². The van der Waals surface area contributed by atoms with Crippen LogP contribution in [0.4, 0.5) is 5.69 Å². The number of rotatable bonds is 5. The van der Waals surface area contributed by atoms with E-state index in [1.807, 2.05) is 18.2 Å². The molecule has 27 heavy (non-hydrogen) atoms. The molecule has 0 atom stereocenters. The number of hydrogen-bond donors (Lipinski definition) is 0. The summed E-state index contributed by atoms with van der Waals surface area (Å²) in [5, 5.41) is 2.46. The van der Waals surface area contributed by atoms with Crippen molar-refractivity contribution >= 4 is 34.1 Å². The molecule has 1 aliphatic rings. The molecule has 3 aromatic rings. The minimum Gasteiger partial charge on any atom is -0.309 e. The van der Waals surface area contributed by atoms with Crippen LogP contribution < -0.4 is 4.90 Å². The van der Waals surface area contributed by atoms with Gasteiger partial charge >= 0.3 is 0 Å². The topological polar surface area (TPSA) is 20.3 Å². The summed E-state index contributed by atoms with van der Waals surface area (Å²) in [7, 11) is 0. The third kappa shape index (κ3) is 4.36. The Balaban J connectivity index is 1.50. The summed E-state index contributed by atoms with van der Waals surface area (Å²) in [6.07, 6.45) is 5.96. The summed E-state index contributed by atoms with van der Waals surface area (Å²) in [6.45, 7) is 0. The first-order valence-corrected chi connectivity index (χ1v) is 10.8. The highest BCUT2D eigenvalue weighted by Gasteiger charge is 2.26. The van der Waals surface area contributed by atoms with Gasteiger partial charge in [0.2, 0.25) is 5.91 Å². The van der Waals surface area contributed by atoms with Crippen molar-refractivity contribution < 1.29 is 4.79 Å². The molecule has 0 unspecified atom stereocenters. The molecule has 0 spiro atoms. The molecular weight excluding hydrogens is 350 g/mol. The second-order valence-electron chi connectivity index (χ2n) is 7.19. The molecule has 3 aromatic carbocycles. The van der Waals surface area contributed by atoms with Crippen molar-refractivity contribution in [3.8, 4) is 0 Å². The molecule has 4 rings (SSSR count). The first-order chi connectivity index (χ1) is 13.3. The number of fused-ring (bicyclic) bond motifs is 1. The van der Waals surface area contributed by atoms with Gasteiger partial charge in [0.15, 0.2) is 0 Å². The molecule has 1 fully saturated rings. The van der Waals surface area contributed by atoms with Crippen molar-refractivity contribution in [2.45, 2.75) is 43.0 Å². The standard InChI is InChI=1S/C24H25NOS/c26-24(18-27-23-16-15-19-9-7-8-10-20(19)17-23)25(21-11-3-1-4-12-21)22-13-5-2-6-14-22/h1,3-4,7-12,15-17,22H,2,5-6,13-14,18H2. The highest BCUT2D eigenvalue weighted by molar-refractivity contribution is 8.00. The Labute approximate surface area is 165 Å². The third-order valence-corrected chi connectivity index (χ3v) is 6.30. The molecule has 0 aromatic heterocycles. The maximum absolute atomic E-state index is 13.2. The van der Waals surface area contributed by atoms with Gasteiger partial charge in [-0.05, 0) is 47.9 Å². The quantitative estimate of drug-likeness (QED) is 0.488. The van der Waals surface area contributed by atoms with Gasteiger partial charge in [0, 0.05) is 16.6 Å². The van der Waals surface area contributed by atoms with Gasteiger partial charge in [-0.25, -0.2) is 0 Å². The summed E-state index contributed by atoms with van der Waals surface area (Å²) in [6, 6.07) is 25.3. The second-order valence-corrected chi connectivity index (χ2v) is 8.24. The number of carbonyl (C=O) groups is 1. The molecule has 2 nitrogen and oxygen atoms in total. The Morgan fingerprint density at radius 1 is 0.852 bits per heavy atom. The van der Waals surface area contributed by atoms with Gasteiger partial charge in [-0.3, -0.25) is 4.79 Å². The van der Waals surface area contributed by atoms with Crippen molar-refractivity contribution in [3.05, 3.63) is 72.8 Å². The summed E-state index contributed by atoms with van der Waals surface area (Å²) in [4.78, 5) is 16.4. The van der Waals surface area contributed by atoms with Crippen molar-refractivity contribution in [3.63, 3.8) is 0 Å². The summed E-state index contributed by atoms with van der Waals surface area (Å²) in [5.74, 6) is 0.690. The van der Waals surface area contributed by atoms with E-state index in [-0.39, 0.29) is 5.91 Å². The Bertz CT molecular complexity index is 902. The molecule has 0 aliphatic heterocycles. The van der Waals surface area contributed by atoms with Crippen LogP contribution in [0.5, 0.6) is 0 Å². The molecule has 1 aliphatic carbocycles. The first kappa shape index (κ1) is 18.1. The molecule has 1 amide bonds. The highest BCUT2D eigenvalue weighted by Crippen LogP contribution is 2.29. The van der Waals surface area contributed by atoms with E-state index < -0.39 is 0 Å². The fraction of sp³-hybridized carbons (Fsp3) is 0.292. The maximum Gasteiger partial charge on any atom is 0.237 e. The predicted molar refractivity (Wildman–Crippen MR) is 115 cm³/mol.